The van der Waals surface area contributed by atoms with Crippen LogP contribution in [0.25, 0.3) is 0 Å². The van der Waals surface area contributed by atoms with Crippen LogP contribution >= 0.6 is 12.4 Å². The number of hydrogen-bond acceptors (Lipinski definition) is 5. The highest BCUT2D eigenvalue weighted by Crippen LogP contribution is 2.28. The van der Waals surface area contributed by atoms with E-state index < -0.39 is 0 Å². The predicted octanol–water partition coefficient (Wildman–Crippen LogP) is 1.73. The Balaban J connectivity index is 0.00000261. The van der Waals surface area contributed by atoms with E-state index in [0.717, 1.165) is 38.2 Å². The Morgan fingerprint density at radius 3 is 2.56 bits per heavy atom. The highest BCUT2D eigenvalue weighted by Gasteiger charge is 2.21. The average molecular weight is 399 g/mol. The molecule has 3 N–H and O–H groups in total. The Bertz CT molecular complexity index is 623. The zero-order valence-corrected chi connectivity index (χ0v) is 16.8. The largest absolute Gasteiger partial charge is 0.347 e. The molecule has 2 heterocycles. The Morgan fingerprint density at radius 2 is 1.85 bits per heavy atom. The van der Waals surface area contributed by atoms with Crippen molar-refractivity contribution in [3.8, 4) is 0 Å². The summed E-state index contributed by atoms with van der Waals surface area (Å²) in [5.74, 6) is 1.91. The van der Waals surface area contributed by atoms with E-state index in [1.54, 1.807) is 11.7 Å². The molecule has 1 aliphatic heterocycles. The van der Waals surface area contributed by atoms with Gasteiger partial charge in [0, 0.05) is 19.4 Å². The van der Waals surface area contributed by atoms with Crippen molar-refractivity contribution in [2.75, 3.05) is 25.0 Å². The van der Waals surface area contributed by atoms with Crippen molar-refractivity contribution >= 4 is 30.2 Å². The summed E-state index contributed by atoms with van der Waals surface area (Å²) < 4.78 is 1.59. The molecule has 0 radical (unpaired) electrons. The number of aromatic nitrogens is 3. The molecule has 0 unspecified atom stereocenters. The Hall–Kier alpha value is -1.67. The van der Waals surface area contributed by atoms with E-state index in [2.05, 4.69) is 26.0 Å². The molecule has 1 aromatic rings. The fourth-order valence-corrected chi connectivity index (χ4v) is 3.84. The van der Waals surface area contributed by atoms with Crippen LogP contribution in [0, 0.1) is 5.92 Å². The molecule has 1 aliphatic carbocycles. The number of nitrogens with zero attached hydrogens (tertiary/aromatic N) is 3. The minimum Gasteiger partial charge on any atom is -0.347 e. The zero-order chi connectivity index (χ0) is 18.4. The predicted molar refractivity (Wildman–Crippen MR) is 106 cm³/mol. The van der Waals surface area contributed by atoms with Gasteiger partial charge in [-0.05, 0) is 38.3 Å². The van der Waals surface area contributed by atoms with Crippen LogP contribution in [-0.2, 0) is 16.6 Å². The maximum absolute atomic E-state index is 12.1. The van der Waals surface area contributed by atoms with Gasteiger partial charge in [0.2, 0.25) is 17.8 Å². The van der Waals surface area contributed by atoms with E-state index in [-0.39, 0.29) is 30.8 Å². The molecule has 8 nitrogen and oxygen atoms in total. The maximum atomic E-state index is 12.1. The van der Waals surface area contributed by atoms with Crippen molar-refractivity contribution in [2.24, 2.45) is 13.0 Å². The lowest BCUT2D eigenvalue weighted by molar-refractivity contribution is -0.124. The van der Waals surface area contributed by atoms with Crippen LogP contribution in [0.4, 0.5) is 5.95 Å². The van der Waals surface area contributed by atoms with Crippen molar-refractivity contribution in [1.29, 1.82) is 0 Å². The lowest BCUT2D eigenvalue weighted by Crippen LogP contribution is -2.33. The van der Waals surface area contributed by atoms with Crippen molar-refractivity contribution in [3.05, 3.63) is 5.82 Å². The molecular weight excluding hydrogens is 368 g/mol. The molecule has 9 heteroatoms. The molecular formula is C18H31ClN6O2. The molecule has 1 saturated heterocycles. The Labute approximate surface area is 166 Å². The lowest BCUT2D eigenvalue weighted by atomic mass is 9.98. The standard InChI is InChI=1S/C18H30N6O2.ClH/c1-24-18(22-17(23-24)14-8-10-19-11-9-14)21-16(26)12-20-15(25)7-6-13-4-2-3-5-13;/h13-14,19H,2-12H2,1H3,(H,20,25)(H,21,22,23,26);1H. The SMILES string of the molecule is Cl.Cn1nc(C2CCNCC2)nc1NC(=O)CNC(=O)CCC1CCCC1. The van der Waals surface area contributed by atoms with Crippen molar-refractivity contribution in [1.82, 2.24) is 25.4 Å². The first-order chi connectivity index (χ1) is 12.6. The number of carbonyl (C=O) groups excluding carboxylic acids is 2. The lowest BCUT2D eigenvalue weighted by Gasteiger charge is -2.19. The molecule has 2 fully saturated rings. The third kappa shape index (κ3) is 6.46. The van der Waals surface area contributed by atoms with Crippen molar-refractivity contribution in [3.63, 3.8) is 0 Å². The molecule has 0 spiro atoms. The van der Waals surface area contributed by atoms with Gasteiger partial charge in [-0.1, -0.05) is 25.7 Å². The van der Waals surface area contributed by atoms with Crippen LogP contribution in [0.1, 0.15) is 63.1 Å². The quantitative estimate of drug-likeness (QED) is 0.649. The highest BCUT2D eigenvalue weighted by atomic mass is 35.5. The summed E-state index contributed by atoms with van der Waals surface area (Å²) in [4.78, 5) is 28.5. The van der Waals surface area contributed by atoms with E-state index in [1.165, 1.54) is 25.7 Å². The molecule has 1 aromatic heterocycles. The van der Waals surface area contributed by atoms with Gasteiger partial charge in [0.25, 0.3) is 0 Å². The first kappa shape index (κ1) is 21.6. The van der Waals surface area contributed by atoms with Gasteiger partial charge in [0.15, 0.2) is 5.82 Å². The summed E-state index contributed by atoms with van der Waals surface area (Å²) in [6, 6.07) is 0. The average Bonchev–Trinajstić information content (AvgIpc) is 3.29. The maximum Gasteiger partial charge on any atom is 0.246 e. The minimum atomic E-state index is -0.272. The summed E-state index contributed by atoms with van der Waals surface area (Å²) in [6.45, 7) is 1.91. The second kappa shape index (κ2) is 10.6. The first-order valence-corrected chi connectivity index (χ1v) is 9.80. The molecule has 152 valence electrons. The van der Waals surface area contributed by atoms with E-state index in [1.807, 2.05) is 0 Å². The Morgan fingerprint density at radius 1 is 1.15 bits per heavy atom. The number of carbonyl (C=O) groups is 2. The fourth-order valence-electron chi connectivity index (χ4n) is 3.84. The first-order valence-electron chi connectivity index (χ1n) is 9.80. The minimum absolute atomic E-state index is 0. The van der Waals surface area contributed by atoms with Gasteiger partial charge in [0.05, 0.1) is 6.54 Å². The van der Waals surface area contributed by atoms with E-state index in [9.17, 15) is 9.59 Å². The van der Waals surface area contributed by atoms with Crippen LogP contribution in [0.3, 0.4) is 0 Å². The van der Waals surface area contributed by atoms with Crippen LogP contribution in [0.5, 0.6) is 0 Å². The van der Waals surface area contributed by atoms with Gasteiger partial charge in [-0.25, -0.2) is 4.68 Å². The molecule has 3 rings (SSSR count). The summed E-state index contributed by atoms with van der Waals surface area (Å²) in [7, 11) is 1.77. The summed E-state index contributed by atoms with van der Waals surface area (Å²) in [5.41, 5.74) is 0. The summed E-state index contributed by atoms with van der Waals surface area (Å²) >= 11 is 0. The normalized spacial score (nSPS) is 18.1. The van der Waals surface area contributed by atoms with Gasteiger partial charge in [-0.3, -0.25) is 14.9 Å². The fraction of sp³-hybridized carbons (Fsp3) is 0.778. The van der Waals surface area contributed by atoms with Gasteiger partial charge in [-0.2, -0.15) is 10.1 Å². The second-order valence-corrected chi connectivity index (χ2v) is 7.46. The molecule has 2 amide bonds. The molecule has 0 bridgehead atoms. The van der Waals surface area contributed by atoms with Crippen LogP contribution in [0.2, 0.25) is 0 Å². The summed E-state index contributed by atoms with van der Waals surface area (Å²) in [6.07, 6.45) is 8.48. The smallest absolute Gasteiger partial charge is 0.246 e. The third-order valence-electron chi connectivity index (χ3n) is 5.44. The van der Waals surface area contributed by atoms with Gasteiger partial charge < -0.3 is 10.6 Å². The van der Waals surface area contributed by atoms with Crippen LogP contribution in [-0.4, -0.2) is 46.2 Å². The van der Waals surface area contributed by atoms with Gasteiger partial charge >= 0.3 is 0 Å². The number of piperidine rings is 1. The molecule has 2 aliphatic rings. The number of aryl methyl sites for hydroxylation is 1. The topological polar surface area (TPSA) is 101 Å². The van der Waals surface area contributed by atoms with Gasteiger partial charge in [0.1, 0.15) is 0 Å². The third-order valence-corrected chi connectivity index (χ3v) is 5.44. The molecule has 0 aromatic carbocycles. The molecule has 0 atom stereocenters. The van der Waals surface area contributed by atoms with Crippen molar-refractivity contribution < 1.29 is 9.59 Å². The molecule has 1 saturated carbocycles. The van der Waals surface area contributed by atoms with E-state index >= 15 is 0 Å². The van der Waals surface area contributed by atoms with E-state index in [0.29, 0.717) is 24.2 Å². The number of hydrogen-bond donors (Lipinski definition) is 3. The van der Waals surface area contributed by atoms with Crippen LogP contribution in [0.15, 0.2) is 0 Å². The monoisotopic (exact) mass is 398 g/mol. The number of nitrogens with one attached hydrogen (secondary N) is 3. The van der Waals surface area contributed by atoms with Crippen LogP contribution < -0.4 is 16.0 Å². The zero-order valence-electron chi connectivity index (χ0n) is 16.0. The number of anilines is 1. The van der Waals surface area contributed by atoms with Crippen molar-refractivity contribution in [2.45, 2.75) is 57.3 Å². The number of amides is 2. The van der Waals surface area contributed by atoms with Gasteiger partial charge in [-0.15, -0.1) is 12.4 Å². The van der Waals surface area contributed by atoms with E-state index in [4.69, 9.17) is 0 Å². The number of rotatable bonds is 7. The number of halogens is 1. The summed E-state index contributed by atoms with van der Waals surface area (Å²) in [5, 5.41) is 13.2. The second-order valence-electron chi connectivity index (χ2n) is 7.46. The highest BCUT2D eigenvalue weighted by molar-refractivity contribution is 5.93. The molecule has 27 heavy (non-hydrogen) atoms. The Kier molecular flexibility index (Phi) is 8.50.